The Morgan fingerprint density at radius 2 is 1.76 bits per heavy atom. The predicted octanol–water partition coefficient (Wildman–Crippen LogP) is 4.21. The number of sulfonamides is 1. The number of hydrogen-bond donors (Lipinski definition) is 1. The molecule has 1 atom stereocenters. The van der Waals surface area contributed by atoms with Crippen LogP contribution >= 0.6 is 23.2 Å². The van der Waals surface area contributed by atoms with E-state index in [9.17, 15) is 18.0 Å². The third-order valence-corrected chi connectivity index (χ3v) is 7.78. The molecule has 3 rings (SSSR count). The molecule has 37 heavy (non-hydrogen) atoms. The predicted molar refractivity (Wildman–Crippen MR) is 144 cm³/mol. The number of nitrogens with one attached hydrogen (secondary N) is 1. The highest BCUT2D eigenvalue weighted by molar-refractivity contribution is 7.92. The molecule has 2 aromatic carbocycles. The molecule has 0 saturated carbocycles. The Morgan fingerprint density at radius 3 is 2.38 bits per heavy atom. The van der Waals surface area contributed by atoms with Crippen LogP contribution < -0.4 is 19.1 Å². The van der Waals surface area contributed by atoms with Crippen molar-refractivity contribution in [1.29, 1.82) is 0 Å². The zero-order chi connectivity index (χ0) is 27.2. The third-order valence-electron chi connectivity index (χ3n) is 5.93. The number of rotatable bonds is 12. The molecule has 2 amide bonds. The maximum atomic E-state index is 13.8. The van der Waals surface area contributed by atoms with Gasteiger partial charge in [0.1, 0.15) is 12.6 Å². The molecule has 0 radical (unpaired) electrons. The summed E-state index contributed by atoms with van der Waals surface area (Å²) in [6.07, 6.45) is 3.00. The summed E-state index contributed by atoms with van der Waals surface area (Å²) < 4.78 is 37.2. The molecule has 0 aliphatic carbocycles. The van der Waals surface area contributed by atoms with Crippen molar-refractivity contribution in [2.24, 2.45) is 0 Å². The highest BCUT2D eigenvalue weighted by Gasteiger charge is 2.33. The number of anilines is 1. The summed E-state index contributed by atoms with van der Waals surface area (Å²) in [5.41, 5.74) is 0.698. The van der Waals surface area contributed by atoms with Crippen molar-refractivity contribution in [1.82, 2.24) is 10.2 Å². The second-order valence-electron chi connectivity index (χ2n) is 8.60. The quantitative estimate of drug-likeness (QED) is 0.382. The van der Waals surface area contributed by atoms with E-state index >= 15 is 0 Å². The average Bonchev–Trinajstić information content (AvgIpc) is 3.31. The number of amides is 2. The first-order valence-corrected chi connectivity index (χ1v) is 14.5. The van der Waals surface area contributed by atoms with Crippen molar-refractivity contribution >= 4 is 50.7 Å². The summed E-state index contributed by atoms with van der Waals surface area (Å²) >= 11 is 12.8. The lowest BCUT2D eigenvalue weighted by molar-refractivity contribution is -0.140. The summed E-state index contributed by atoms with van der Waals surface area (Å²) in [6, 6.07) is 8.71. The van der Waals surface area contributed by atoms with Crippen molar-refractivity contribution in [3.63, 3.8) is 0 Å². The second kappa shape index (κ2) is 12.7. The molecule has 1 unspecified atom stereocenters. The first kappa shape index (κ1) is 28.9. The van der Waals surface area contributed by atoms with Crippen LogP contribution in [-0.4, -0.2) is 57.3 Å². The first-order valence-electron chi connectivity index (χ1n) is 11.9. The van der Waals surface area contributed by atoms with Gasteiger partial charge in [-0.3, -0.25) is 13.9 Å². The molecule has 1 aliphatic heterocycles. The Morgan fingerprint density at radius 1 is 1.08 bits per heavy atom. The van der Waals surface area contributed by atoms with Crippen LogP contribution in [0.1, 0.15) is 38.7 Å². The Labute approximate surface area is 227 Å². The number of ether oxygens (including phenoxy) is 2. The van der Waals surface area contributed by atoms with Crippen LogP contribution in [0, 0.1) is 0 Å². The summed E-state index contributed by atoms with van der Waals surface area (Å²) in [5.74, 6) is -0.0635. The lowest BCUT2D eigenvalue weighted by Crippen LogP contribution is -2.52. The fourth-order valence-electron chi connectivity index (χ4n) is 3.93. The van der Waals surface area contributed by atoms with E-state index in [2.05, 4.69) is 5.32 Å². The monoisotopic (exact) mass is 571 g/mol. The molecule has 1 N–H and O–H groups in total. The fourth-order valence-corrected chi connectivity index (χ4v) is 5.29. The van der Waals surface area contributed by atoms with Gasteiger partial charge in [0.25, 0.3) is 0 Å². The topological polar surface area (TPSA) is 105 Å². The van der Waals surface area contributed by atoms with Crippen LogP contribution in [-0.2, 0) is 26.2 Å². The normalized spacial score (nSPS) is 13.2. The SMILES string of the molecule is CCCCNC(=O)C(CC)N(Cc1c(Cl)cccc1Cl)C(=O)CN(c1ccc2c(c1)OCO2)S(C)(=O)=O. The summed E-state index contributed by atoms with van der Waals surface area (Å²) in [5, 5.41) is 3.54. The molecule has 202 valence electrons. The van der Waals surface area contributed by atoms with Gasteiger partial charge in [0, 0.05) is 34.8 Å². The lowest BCUT2D eigenvalue weighted by atomic mass is 10.1. The highest BCUT2D eigenvalue weighted by atomic mass is 35.5. The van der Waals surface area contributed by atoms with Gasteiger partial charge in [0.2, 0.25) is 28.6 Å². The standard InChI is InChI=1S/C25H31Cl2N3O6S/c1-4-6-12-28-25(32)21(5-2)29(14-18-19(26)8-7-9-20(18)27)24(31)15-30(37(3,33)34)17-10-11-22-23(13-17)36-16-35-22/h7-11,13,21H,4-6,12,14-16H2,1-3H3,(H,28,32). The second-order valence-corrected chi connectivity index (χ2v) is 11.3. The Kier molecular flexibility index (Phi) is 9.92. The number of nitrogens with zero attached hydrogens (tertiary/aromatic N) is 2. The number of benzene rings is 2. The van der Waals surface area contributed by atoms with Crippen molar-refractivity contribution in [3.05, 3.63) is 52.0 Å². The number of halogens is 2. The van der Waals surface area contributed by atoms with Gasteiger partial charge < -0.3 is 19.7 Å². The van der Waals surface area contributed by atoms with E-state index in [1.807, 2.05) is 6.92 Å². The van der Waals surface area contributed by atoms with Gasteiger partial charge in [-0.2, -0.15) is 0 Å². The van der Waals surface area contributed by atoms with E-state index in [0.717, 1.165) is 23.4 Å². The summed E-state index contributed by atoms with van der Waals surface area (Å²) in [7, 11) is -3.89. The van der Waals surface area contributed by atoms with Crippen LogP contribution in [0.15, 0.2) is 36.4 Å². The Hall–Kier alpha value is -2.69. The van der Waals surface area contributed by atoms with Crippen LogP contribution in [0.2, 0.25) is 10.0 Å². The smallest absolute Gasteiger partial charge is 0.244 e. The molecule has 0 aromatic heterocycles. The minimum atomic E-state index is -3.89. The first-order chi connectivity index (χ1) is 17.6. The van der Waals surface area contributed by atoms with Gasteiger partial charge in [-0.15, -0.1) is 0 Å². The zero-order valence-electron chi connectivity index (χ0n) is 21.0. The van der Waals surface area contributed by atoms with E-state index in [4.69, 9.17) is 32.7 Å². The molecule has 0 spiro atoms. The van der Waals surface area contributed by atoms with E-state index in [0.29, 0.717) is 40.1 Å². The summed E-state index contributed by atoms with van der Waals surface area (Å²) in [4.78, 5) is 28.2. The van der Waals surface area contributed by atoms with Gasteiger partial charge >= 0.3 is 0 Å². The number of carbonyl (C=O) groups is 2. The number of unbranched alkanes of at least 4 members (excludes halogenated alkanes) is 1. The van der Waals surface area contributed by atoms with Crippen molar-refractivity contribution < 1.29 is 27.5 Å². The maximum absolute atomic E-state index is 13.8. The van der Waals surface area contributed by atoms with Gasteiger partial charge in [-0.05, 0) is 37.1 Å². The molecule has 12 heteroatoms. The van der Waals surface area contributed by atoms with Crippen LogP contribution in [0.25, 0.3) is 0 Å². The van der Waals surface area contributed by atoms with E-state index < -0.39 is 28.5 Å². The van der Waals surface area contributed by atoms with Gasteiger partial charge in [-0.1, -0.05) is 49.5 Å². The molecule has 9 nitrogen and oxygen atoms in total. The van der Waals surface area contributed by atoms with Crippen LogP contribution in [0.3, 0.4) is 0 Å². The lowest BCUT2D eigenvalue weighted by Gasteiger charge is -2.33. The van der Waals surface area contributed by atoms with E-state index in [-0.39, 0.29) is 24.9 Å². The highest BCUT2D eigenvalue weighted by Crippen LogP contribution is 2.36. The maximum Gasteiger partial charge on any atom is 0.244 e. The van der Waals surface area contributed by atoms with Crippen molar-refractivity contribution in [2.45, 2.75) is 45.7 Å². The third kappa shape index (κ3) is 7.21. The number of hydrogen-bond acceptors (Lipinski definition) is 6. The fraction of sp³-hybridized carbons (Fsp3) is 0.440. The molecule has 0 fully saturated rings. The van der Waals surface area contributed by atoms with Gasteiger partial charge in [0.05, 0.1) is 11.9 Å². The van der Waals surface area contributed by atoms with Crippen molar-refractivity contribution in [3.8, 4) is 11.5 Å². The van der Waals surface area contributed by atoms with Crippen LogP contribution in [0.5, 0.6) is 11.5 Å². The van der Waals surface area contributed by atoms with Crippen molar-refractivity contribution in [2.75, 3.05) is 30.4 Å². The average molecular weight is 573 g/mol. The zero-order valence-corrected chi connectivity index (χ0v) is 23.3. The number of fused-ring (bicyclic) bond motifs is 1. The molecule has 2 aromatic rings. The van der Waals surface area contributed by atoms with Crippen LogP contribution in [0.4, 0.5) is 5.69 Å². The minimum Gasteiger partial charge on any atom is -0.454 e. The summed E-state index contributed by atoms with van der Waals surface area (Å²) in [6.45, 7) is 3.66. The Balaban J connectivity index is 1.96. The molecular weight excluding hydrogens is 541 g/mol. The van der Waals surface area contributed by atoms with E-state index in [1.54, 1.807) is 31.2 Å². The van der Waals surface area contributed by atoms with Gasteiger partial charge in [-0.25, -0.2) is 8.42 Å². The minimum absolute atomic E-state index is 0.0221. The Bertz CT molecular complexity index is 1220. The molecule has 1 aliphatic rings. The van der Waals surface area contributed by atoms with E-state index in [1.165, 1.54) is 17.0 Å². The molecule has 0 bridgehead atoms. The molecule has 1 heterocycles. The molecular formula is C25H31Cl2N3O6S. The number of carbonyl (C=O) groups excluding carboxylic acids is 2. The molecule has 0 saturated heterocycles. The van der Waals surface area contributed by atoms with Gasteiger partial charge in [0.15, 0.2) is 11.5 Å². The largest absolute Gasteiger partial charge is 0.454 e.